The zero-order valence-corrected chi connectivity index (χ0v) is 16.1. The Bertz CT molecular complexity index is 1280. The summed E-state index contributed by atoms with van der Waals surface area (Å²) in [7, 11) is 0. The Labute approximate surface area is 170 Å². The molecule has 2 N–H and O–H groups in total. The number of hydrogen-bond donors (Lipinski definition) is 2. The Morgan fingerprint density at radius 2 is 1.79 bits per heavy atom. The SMILES string of the molecule is FCc1ccccc1-c1nc(Nc2[nH]ncc2-c2cccs2)c2ccccc2n1. The normalized spacial score (nSPS) is 11.1. The van der Waals surface area contributed by atoms with Gasteiger partial charge in [0.15, 0.2) is 5.82 Å². The summed E-state index contributed by atoms with van der Waals surface area (Å²) in [5.74, 6) is 1.87. The lowest BCUT2D eigenvalue weighted by atomic mass is 10.1. The van der Waals surface area contributed by atoms with Gasteiger partial charge in [0, 0.05) is 15.8 Å². The summed E-state index contributed by atoms with van der Waals surface area (Å²) in [4.78, 5) is 10.5. The van der Waals surface area contributed by atoms with E-state index < -0.39 is 6.67 Å². The van der Waals surface area contributed by atoms with E-state index in [4.69, 9.17) is 4.98 Å². The lowest BCUT2D eigenvalue weighted by Crippen LogP contribution is -2.01. The highest BCUT2D eigenvalue weighted by Gasteiger charge is 2.15. The minimum Gasteiger partial charge on any atom is -0.324 e. The predicted octanol–water partition coefficient (Wildman–Crippen LogP) is 5.96. The van der Waals surface area contributed by atoms with Crippen LogP contribution < -0.4 is 5.32 Å². The van der Waals surface area contributed by atoms with Gasteiger partial charge in [-0.15, -0.1) is 11.3 Å². The molecule has 5 rings (SSSR count). The first-order valence-corrected chi connectivity index (χ1v) is 9.97. The van der Waals surface area contributed by atoms with Gasteiger partial charge in [0.25, 0.3) is 0 Å². The molecule has 0 spiro atoms. The number of fused-ring (bicyclic) bond motifs is 1. The summed E-state index contributed by atoms with van der Waals surface area (Å²) in [6.45, 7) is -0.571. The van der Waals surface area contributed by atoms with Crippen LogP contribution in [0.2, 0.25) is 0 Å². The van der Waals surface area contributed by atoms with Crippen LogP contribution in [-0.4, -0.2) is 20.2 Å². The molecule has 29 heavy (non-hydrogen) atoms. The van der Waals surface area contributed by atoms with Crippen LogP contribution in [0.25, 0.3) is 32.7 Å². The lowest BCUT2D eigenvalue weighted by molar-refractivity contribution is 0.486. The summed E-state index contributed by atoms with van der Waals surface area (Å²) in [6.07, 6.45) is 1.79. The second kappa shape index (κ2) is 7.44. The zero-order valence-electron chi connectivity index (χ0n) is 15.3. The minimum absolute atomic E-state index is 0.483. The summed E-state index contributed by atoms with van der Waals surface area (Å²) < 4.78 is 13.5. The van der Waals surface area contributed by atoms with Crippen molar-refractivity contribution in [3.63, 3.8) is 0 Å². The fraction of sp³-hybridized carbons (Fsp3) is 0.0455. The molecule has 0 amide bonds. The molecular weight excluding hydrogens is 385 g/mol. The van der Waals surface area contributed by atoms with Crippen LogP contribution in [0, 0.1) is 0 Å². The Kier molecular flexibility index (Phi) is 4.50. The first kappa shape index (κ1) is 17.5. The number of para-hydroxylation sites is 1. The smallest absolute Gasteiger partial charge is 0.162 e. The zero-order chi connectivity index (χ0) is 19.6. The molecule has 0 atom stereocenters. The quantitative estimate of drug-likeness (QED) is 0.381. The minimum atomic E-state index is -0.571. The summed E-state index contributed by atoms with van der Waals surface area (Å²) in [5.41, 5.74) is 3.00. The molecule has 0 aliphatic rings. The molecule has 0 saturated carbocycles. The average molecular weight is 401 g/mol. The van der Waals surface area contributed by atoms with E-state index in [-0.39, 0.29) is 0 Å². The van der Waals surface area contributed by atoms with E-state index in [9.17, 15) is 4.39 Å². The Balaban J connectivity index is 1.65. The molecule has 0 radical (unpaired) electrons. The van der Waals surface area contributed by atoms with E-state index in [0.29, 0.717) is 22.8 Å². The third-order valence-corrected chi connectivity index (χ3v) is 5.58. The summed E-state index contributed by atoms with van der Waals surface area (Å²) in [6, 6.07) is 19.1. The topological polar surface area (TPSA) is 66.5 Å². The molecule has 0 saturated heterocycles. The number of rotatable bonds is 5. The van der Waals surface area contributed by atoms with Crippen molar-refractivity contribution in [2.45, 2.75) is 6.67 Å². The number of nitrogens with one attached hydrogen (secondary N) is 2. The molecule has 0 aliphatic carbocycles. The number of aromatic nitrogens is 4. The number of aromatic amines is 1. The molecular formula is C22H16FN5S. The number of alkyl halides is 1. The van der Waals surface area contributed by atoms with Gasteiger partial charge >= 0.3 is 0 Å². The van der Waals surface area contributed by atoms with Gasteiger partial charge in [0.1, 0.15) is 18.3 Å². The third kappa shape index (κ3) is 3.25. The van der Waals surface area contributed by atoms with Gasteiger partial charge in [0.05, 0.1) is 17.3 Å². The molecule has 0 bridgehead atoms. The molecule has 5 nitrogen and oxygen atoms in total. The Hall–Kier alpha value is -3.58. The van der Waals surface area contributed by atoms with Crippen LogP contribution in [-0.2, 0) is 6.67 Å². The maximum Gasteiger partial charge on any atom is 0.162 e. The van der Waals surface area contributed by atoms with Crippen LogP contribution in [0.1, 0.15) is 5.56 Å². The first-order valence-electron chi connectivity index (χ1n) is 9.09. The third-order valence-electron chi connectivity index (χ3n) is 4.67. The van der Waals surface area contributed by atoms with Crippen molar-refractivity contribution < 1.29 is 4.39 Å². The van der Waals surface area contributed by atoms with Gasteiger partial charge < -0.3 is 5.32 Å². The van der Waals surface area contributed by atoms with Crippen LogP contribution >= 0.6 is 11.3 Å². The number of halogens is 1. The second-order valence-electron chi connectivity index (χ2n) is 6.46. The maximum atomic E-state index is 13.5. The van der Waals surface area contributed by atoms with Crippen molar-refractivity contribution in [3.8, 4) is 21.8 Å². The summed E-state index contributed by atoms with van der Waals surface area (Å²) >= 11 is 1.64. The van der Waals surface area contributed by atoms with E-state index in [1.807, 2.05) is 60.0 Å². The highest BCUT2D eigenvalue weighted by molar-refractivity contribution is 7.13. The van der Waals surface area contributed by atoms with Crippen molar-refractivity contribution >= 4 is 33.9 Å². The highest BCUT2D eigenvalue weighted by Crippen LogP contribution is 2.34. The highest BCUT2D eigenvalue weighted by atomic mass is 32.1. The van der Waals surface area contributed by atoms with E-state index in [1.54, 1.807) is 23.6 Å². The Morgan fingerprint density at radius 1 is 0.931 bits per heavy atom. The molecule has 2 aromatic carbocycles. The van der Waals surface area contributed by atoms with E-state index in [1.165, 1.54) is 0 Å². The molecule has 142 valence electrons. The molecule has 3 aromatic heterocycles. The van der Waals surface area contributed by atoms with Gasteiger partial charge in [-0.05, 0) is 29.1 Å². The molecule has 0 aliphatic heterocycles. The van der Waals surface area contributed by atoms with Crippen LogP contribution in [0.4, 0.5) is 16.0 Å². The fourth-order valence-electron chi connectivity index (χ4n) is 3.27. The number of anilines is 2. The van der Waals surface area contributed by atoms with Crippen LogP contribution in [0.3, 0.4) is 0 Å². The summed E-state index contributed by atoms with van der Waals surface area (Å²) in [5, 5.41) is 13.5. The number of hydrogen-bond acceptors (Lipinski definition) is 5. The van der Waals surface area contributed by atoms with E-state index in [0.717, 1.165) is 27.2 Å². The molecule has 0 unspecified atom stereocenters. The van der Waals surface area contributed by atoms with Gasteiger partial charge in [-0.3, -0.25) is 5.10 Å². The van der Waals surface area contributed by atoms with Crippen molar-refractivity contribution in [1.82, 2.24) is 20.2 Å². The monoisotopic (exact) mass is 401 g/mol. The van der Waals surface area contributed by atoms with Gasteiger partial charge in [-0.1, -0.05) is 42.5 Å². The molecule has 7 heteroatoms. The fourth-order valence-corrected chi connectivity index (χ4v) is 4.01. The largest absolute Gasteiger partial charge is 0.324 e. The predicted molar refractivity (Wildman–Crippen MR) is 115 cm³/mol. The average Bonchev–Trinajstić information content (AvgIpc) is 3.45. The van der Waals surface area contributed by atoms with Gasteiger partial charge in [-0.2, -0.15) is 5.10 Å². The lowest BCUT2D eigenvalue weighted by Gasteiger charge is -2.12. The molecule has 3 heterocycles. The van der Waals surface area contributed by atoms with Crippen molar-refractivity contribution in [3.05, 3.63) is 77.8 Å². The van der Waals surface area contributed by atoms with Gasteiger partial charge in [-0.25, -0.2) is 14.4 Å². The number of benzene rings is 2. The molecule has 5 aromatic rings. The second-order valence-corrected chi connectivity index (χ2v) is 7.41. The molecule has 0 fully saturated rings. The van der Waals surface area contributed by atoms with Crippen molar-refractivity contribution in [2.24, 2.45) is 0 Å². The van der Waals surface area contributed by atoms with Crippen LogP contribution in [0.15, 0.2) is 72.2 Å². The number of thiophene rings is 1. The van der Waals surface area contributed by atoms with Crippen molar-refractivity contribution in [2.75, 3.05) is 5.32 Å². The van der Waals surface area contributed by atoms with Crippen LogP contribution in [0.5, 0.6) is 0 Å². The number of H-pyrrole nitrogens is 1. The standard InChI is InChI=1S/C22H16FN5S/c23-12-14-6-1-2-7-15(14)20-25-18-9-4-3-8-16(18)21(26-20)27-22-17(13-24-28-22)19-10-5-11-29-19/h1-11,13H,12H2,(H2,24,25,26,27,28). The van der Waals surface area contributed by atoms with Crippen molar-refractivity contribution in [1.29, 1.82) is 0 Å². The van der Waals surface area contributed by atoms with E-state index in [2.05, 4.69) is 20.5 Å². The Morgan fingerprint density at radius 3 is 2.66 bits per heavy atom. The maximum absolute atomic E-state index is 13.5. The number of nitrogens with zero attached hydrogens (tertiary/aromatic N) is 3. The first-order chi connectivity index (χ1) is 14.3. The van der Waals surface area contributed by atoms with E-state index >= 15 is 0 Å². The van der Waals surface area contributed by atoms with Gasteiger partial charge in [0.2, 0.25) is 0 Å².